The van der Waals surface area contributed by atoms with Crippen LogP contribution in [0.1, 0.15) is 77.5 Å². The average Bonchev–Trinajstić information content (AvgIpc) is 3.40. The summed E-state index contributed by atoms with van der Waals surface area (Å²) in [5.41, 5.74) is 13.6. The molecular formula is C41H48N3+. The lowest BCUT2D eigenvalue weighted by atomic mass is 9.81. The van der Waals surface area contributed by atoms with Gasteiger partial charge in [0.1, 0.15) is 6.54 Å². The number of fused-ring (bicyclic) bond motifs is 2. The van der Waals surface area contributed by atoms with Gasteiger partial charge in [-0.2, -0.15) is 4.58 Å². The summed E-state index contributed by atoms with van der Waals surface area (Å²) in [5.74, 6) is 0. The lowest BCUT2D eigenvalue weighted by molar-refractivity contribution is -0.433. The van der Waals surface area contributed by atoms with Gasteiger partial charge in [-0.15, -0.1) is 0 Å². The van der Waals surface area contributed by atoms with E-state index < -0.39 is 0 Å². The number of likely N-dealkylation sites (N-methyl/N-ethyl adjacent to an activating group) is 1. The molecule has 226 valence electrons. The molecule has 3 heteroatoms. The first-order chi connectivity index (χ1) is 21.3. The highest BCUT2D eigenvalue weighted by Gasteiger charge is 2.43. The van der Waals surface area contributed by atoms with E-state index in [4.69, 9.17) is 0 Å². The Morgan fingerprint density at radius 1 is 0.773 bits per heavy atom. The summed E-state index contributed by atoms with van der Waals surface area (Å²) in [7, 11) is 0. The largest absolute Gasteiger partial charge is 0.381 e. The number of hydrogen-bond donors (Lipinski definition) is 1. The van der Waals surface area contributed by atoms with Crippen molar-refractivity contribution in [2.45, 2.75) is 78.2 Å². The predicted molar refractivity (Wildman–Crippen MR) is 187 cm³/mol. The van der Waals surface area contributed by atoms with Gasteiger partial charge in [-0.25, -0.2) is 0 Å². The Bertz CT molecular complexity index is 1690. The first kappa shape index (κ1) is 29.9. The Labute approximate surface area is 265 Å². The van der Waals surface area contributed by atoms with E-state index in [9.17, 15) is 0 Å². The Balaban J connectivity index is 1.41. The number of hydrogen-bond acceptors (Lipinski definition) is 2. The minimum Gasteiger partial charge on any atom is -0.381 e. The van der Waals surface area contributed by atoms with Gasteiger partial charge in [0, 0.05) is 53.3 Å². The topological polar surface area (TPSA) is 18.3 Å². The summed E-state index contributed by atoms with van der Waals surface area (Å²) in [6, 6.07) is 28.6. The molecule has 1 N–H and O–H groups in total. The third kappa shape index (κ3) is 5.27. The van der Waals surface area contributed by atoms with E-state index in [1.807, 2.05) is 0 Å². The van der Waals surface area contributed by atoms with Crippen LogP contribution in [0.5, 0.6) is 0 Å². The maximum Gasteiger partial charge on any atom is 0.209 e. The summed E-state index contributed by atoms with van der Waals surface area (Å²) < 4.78 is 2.49. The number of allylic oxidation sites excluding steroid dienone is 7. The first-order valence-corrected chi connectivity index (χ1v) is 16.5. The fourth-order valence-electron chi connectivity index (χ4n) is 7.59. The second-order valence-corrected chi connectivity index (χ2v) is 13.3. The normalized spacial score (nSPS) is 20.6. The molecule has 0 atom stereocenters. The highest BCUT2D eigenvalue weighted by atomic mass is 15.2. The third-order valence-electron chi connectivity index (χ3n) is 9.96. The van der Waals surface area contributed by atoms with E-state index in [0.717, 1.165) is 38.9 Å². The van der Waals surface area contributed by atoms with Crippen LogP contribution >= 0.6 is 0 Å². The van der Waals surface area contributed by atoms with Crippen molar-refractivity contribution < 1.29 is 4.58 Å². The molecule has 3 nitrogen and oxygen atoms in total. The Kier molecular flexibility index (Phi) is 8.24. The highest BCUT2D eigenvalue weighted by molar-refractivity contribution is 6.03. The minimum absolute atomic E-state index is 0.0360. The Morgan fingerprint density at radius 3 is 2.23 bits per heavy atom. The van der Waals surface area contributed by atoms with E-state index in [-0.39, 0.29) is 10.8 Å². The van der Waals surface area contributed by atoms with Gasteiger partial charge in [-0.3, -0.25) is 0 Å². The summed E-state index contributed by atoms with van der Waals surface area (Å²) in [4.78, 5) is 2.49. The van der Waals surface area contributed by atoms with Gasteiger partial charge >= 0.3 is 0 Å². The van der Waals surface area contributed by atoms with Crippen molar-refractivity contribution in [3.8, 4) is 0 Å². The summed E-state index contributed by atoms with van der Waals surface area (Å²) in [5, 5.41) is 3.91. The standard InChI is InChI=1S/C41H47N3/c1-7-43-35-23-14-12-21-33(35)40(3,4)37(43)27-25-31-19-16-20-32(39(31)42-29-30-17-10-9-11-18-30)26-28-38-41(5,6)34-22-13-15-24-36(34)44(38)8-2/h9-15,17-18,21-28H,7-8,16,19-20,29H2,1-6H3/p+1. The van der Waals surface area contributed by atoms with E-state index in [0.29, 0.717) is 0 Å². The number of nitrogens with zero attached hydrogens (tertiary/aromatic N) is 2. The molecule has 3 aromatic carbocycles. The van der Waals surface area contributed by atoms with Crippen molar-refractivity contribution in [3.63, 3.8) is 0 Å². The number of rotatable bonds is 8. The first-order valence-electron chi connectivity index (χ1n) is 16.5. The lowest BCUT2D eigenvalue weighted by Crippen LogP contribution is -2.27. The molecule has 0 saturated heterocycles. The van der Waals surface area contributed by atoms with Gasteiger partial charge in [-0.1, -0.05) is 92.7 Å². The maximum absolute atomic E-state index is 3.91. The van der Waals surface area contributed by atoms with Crippen LogP contribution in [-0.2, 0) is 17.4 Å². The van der Waals surface area contributed by atoms with Gasteiger partial charge in [0.15, 0.2) is 5.71 Å². The molecule has 0 fully saturated rings. The van der Waals surface area contributed by atoms with Crippen LogP contribution in [0, 0.1) is 0 Å². The van der Waals surface area contributed by atoms with Crippen LogP contribution < -0.4 is 10.2 Å². The molecule has 1 aliphatic carbocycles. The van der Waals surface area contributed by atoms with Crippen molar-refractivity contribution in [1.82, 2.24) is 5.32 Å². The van der Waals surface area contributed by atoms with Crippen LogP contribution in [0.4, 0.5) is 11.4 Å². The SMILES string of the molecule is CCN1C(=CC=C2CCCC(C=CC3=[N+](CC)c4ccccc4C3(C)C)=C2NCc2ccccc2)C(C)(C)c2ccccc21. The van der Waals surface area contributed by atoms with E-state index in [2.05, 4.69) is 160 Å². The van der Waals surface area contributed by atoms with Crippen molar-refractivity contribution in [3.05, 3.63) is 142 Å². The summed E-state index contributed by atoms with van der Waals surface area (Å²) in [6.45, 7) is 16.7. The molecule has 0 radical (unpaired) electrons. The quantitative estimate of drug-likeness (QED) is 0.267. The molecule has 6 rings (SSSR count). The molecule has 0 spiro atoms. The molecule has 2 aliphatic heterocycles. The van der Waals surface area contributed by atoms with Crippen LogP contribution in [-0.4, -0.2) is 23.4 Å². The zero-order chi connectivity index (χ0) is 30.9. The summed E-state index contributed by atoms with van der Waals surface area (Å²) >= 11 is 0. The minimum atomic E-state index is -0.0360. The third-order valence-corrected chi connectivity index (χ3v) is 9.96. The summed E-state index contributed by atoms with van der Waals surface area (Å²) in [6.07, 6.45) is 12.9. The fourth-order valence-corrected chi connectivity index (χ4v) is 7.59. The Morgan fingerprint density at radius 2 is 1.48 bits per heavy atom. The molecule has 0 bridgehead atoms. The zero-order valence-corrected chi connectivity index (χ0v) is 27.5. The Hall–Kier alpha value is -4.11. The molecule has 3 aliphatic rings. The molecule has 0 saturated carbocycles. The monoisotopic (exact) mass is 582 g/mol. The van der Waals surface area contributed by atoms with Crippen molar-refractivity contribution in [1.29, 1.82) is 0 Å². The second kappa shape index (κ2) is 12.1. The van der Waals surface area contributed by atoms with Crippen LogP contribution in [0.3, 0.4) is 0 Å². The molecule has 0 aromatic heterocycles. The van der Waals surface area contributed by atoms with Gasteiger partial charge in [0.05, 0.1) is 5.41 Å². The predicted octanol–water partition coefficient (Wildman–Crippen LogP) is 9.49. The maximum atomic E-state index is 3.91. The van der Waals surface area contributed by atoms with Gasteiger partial charge in [0.2, 0.25) is 5.69 Å². The van der Waals surface area contributed by atoms with E-state index in [1.54, 1.807) is 0 Å². The molecule has 2 heterocycles. The molecular weight excluding hydrogens is 534 g/mol. The van der Waals surface area contributed by atoms with Crippen molar-refractivity contribution in [2.75, 3.05) is 18.0 Å². The van der Waals surface area contributed by atoms with Crippen molar-refractivity contribution in [2.24, 2.45) is 0 Å². The van der Waals surface area contributed by atoms with Crippen LogP contribution in [0.2, 0.25) is 0 Å². The molecule has 44 heavy (non-hydrogen) atoms. The average molecular weight is 583 g/mol. The van der Waals surface area contributed by atoms with E-state index >= 15 is 0 Å². The van der Waals surface area contributed by atoms with Gasteiger partial charge in [-0.05, 0) is 81.4 Å². The van der Waals surface area contributed by atoms with Crippen LogP contribution in [0.15, 0.2) is 126 Å². The smallest absolute Gasteiger partial charge is 0.209 e. The molecule has 0 amide bonds. The number of para-hydroxylation sites is 2. The van der Waals surface area contributed by atoms with Crippen molar-refractivity contribution >= 4 is 17.1 Å². The van der Waals surface area contributed by atoms with Gasteiger partial charge < -0.3 is 10.2 Å². The fraction of sp³-hybridized carbons (Fsp3) is 0.341. The second-order valence-electron chi connectivity index (χ2n) is 13.3. The zero-order valence-electron chi connectivity index (χ0n) is 27.5. The number of nitrogens with one attached hydrogen (secondary N) is 1. The van der Waals surface area contributed by atoms with E-state index in [1.165, 1.54) is 56.3 Å². The molecule has 0 unspecified atom stereocenters. The number of benzene rings is 3. The number of anilines is 1. The van der Waals surface area contributed by atoms with Gasteiger partial charge in [0.25, 0.3) is 0 Å². The lowest BCUT2D eigenvalue weighted by Gasteiger charge is -2.27. The molecule has 3 aromatic rings. The highest BCUT2D eigenvalue weighted by Crippen LogP contribution is 2.47. The van der Waals surface area contributed by atoms with Crippen LogP contribution in [0.25, 0.3) is 0 Å².